The molecule has 0 amide bonds. The highest BCUT2D eigenvalue weighted by molar-refractivity contribution is 7.14. The van der Waals surface area contributed by atoms with E-state index in [1.807, 2.05) is 11.4 Å². The van der Waals surface area contributed by atoms with E-state index in [-0.39, 0.29) is 0 Å². The summed E-state index contributed by atoms with van der Waals surface area (Å²) in [7, 11) is 1.65. The summed E-state index contributed by atoms with van der Waals surface area (Å²) >= 11 is 1.50. The molecule has 0 saturated heterocycles. The van der Waals surface area contributed by atoms with Gasteiger partial charge >= 0.3 is 0 Å². The second-order valence-corrected chi connectivity index (χ2v) is 5.44. The normalized spacial score (nSPS) is 10.8. The highest BCUT2D eigenvalue weighted by Crippen LogP contribution is 2.28. The lowest BCUT2D eigenvalue weighted by Gasteiger charge is -2.02. The summed E-state index contributed by atoms with van der Waals surface area (Å²) in [5.74, 6) is 0.560. The van der Waals surface area contributed by atoms with E-state index < -0.39 is 0 Å². The van der Waals surface area contributed by atoms with Crippen molar-refractivity contribution in [3.8, 4) is 11.3 Å². The third kappa shape index (κ3) is 3.12. The molecule has 0 aromatic carbocycles. The van der Waals surface area contributed by atoms with Crippen LogP contribution in [0.2, 0.25) is 0 Å². The lowest BCUT2D eigenvalue weighted by molar-refractivity contribution is 0.182. The number of nitrogens with zero attached hydrogens (tertiary/aromatic N) is 4. The van der Waals surface area contributed by atoms with Crippen LogP contribution in [-0.2, 0) is 17.8 Å². The van der Waals surface area contributed by atoms with Crippen molar-refractivity contribution in [2.75, 3.05) is 12.4 Å². The van der Waals surface area contributed by atoms with Crippen LogP contribution in [0.15, 0.2) is 23.8 Å². The van der Waals surface area contributed by atoms with Gasteiger partial charge in [0.05, 0.1) is 24.2 Å². The second kappa shape index (κ2) is 6.63. The molecule has 3 aromatic rings. The maximum Gasteiger partial charge on any atom is 0.229 e. The van der Waals surface area contributed by atoms with E-state index in [9.17, 15) is 0 Å². The van der Waals surface area contributed by atoms with Crippen molar-refractivity contribution in [2.45, 2.75) is 20.0 Å². The maximum atomic E-state index is 5.15. The number of nitrogens with one attached hydrogen (secondary N) is 2. The van der Waals surface area contributed by atoms with Gasteiger partial charge in [0.2, 0.25) is 5.95 Å². The Morgan fingerprint density at radius 2 is 2.27 bits per heavy atom. The Morgan fingerprint density at radius 3 is 3.09 bits per heavy atom. The van der Waals surface area contributed by atoms with E-state index in [4.69, 9.17) is 4.74 Å². The van der Waals surface area contributed by atoms with Crippen molar-refractivity contribution in [3.05, 3.63) is 35.2 Å². The van der Waals surface area contributed by atoms with Crippen LogP contribution in [0.3, 0.4) is 0 Å². The topological polar surface area (TPSA) is 88.6 Å². The van der Waals surface area contributed by atoms with Gasteiger partial charge in [-0.2, -0.15) is 5.10 Å². The van der Waals surface area contributed by atoms with E-state index in [0.29, 0.717) is 12.6 Å². The van der Waals surface area contributed by atoms with E-state index in [1.165, 1.54) is 11.3 Å². The molecule has 0 aliphatic heterocycles. The molecule has 3 aromatic heterocycles. The zero-order valence-corrected chi connectivity index (χ0v) is 13.1. The number of hydrogen-bond acceptors (Lipinski definition) is 7. The molecule has 3 heterocycles. The molecule has 0 aliphatic carbocycles. The molecule has 0 unspecified atom stereocenters. The van der Waals surface area contributed by atoms with E-state index in [0.717, 1.165) is 34.2 Å². The van der Waals surface area contributed by atoms with Crippen molar-refractivity contribution < 1.29 is 4.74 Å². The van der Waals surface area contributed by atoms with Gasteiger partial charge in [0.15, 0.2) is 5.13 Å². The lowest BCUT2D eigenvalue weighted by atomic mass is 10.2. The number of methoxy groups -OCH3 is 1. The average Bonchev–Trinajstić information content (AvgIpc) is 3.17. The van der Waals surface area contributed by atoms with Crippen molar-refractivity contribution in [3.63, 3.8) is 0 Å². The lowest BCUT2D eigenvalue weighted by Crippen LogP contribution is -1.98. The van der Waals surface area contributed by atoms with E-state index in [2.05, 4.69) is 37.4 Å². The molecule has 0 radical (unpaired) electrons. The van der Waals surface area contributed by atoms with Crippen LogP contribution in [0, 0.1) is 0 Å². The first-order chi connectivity index (χ1) is 10.8. The smallest absolute Gasteiger partial charge is 0.229 e. The van der Waals surface area contributed by atoms with Crippen LogP contribution < -0.4 is 5.32 Å². The van der Waals surface area contributed by atoms with Gasteiger partial charge in [0, 0.05) is 29.9 Å². The summed E-state index contributed by atoms with van der Waals surface area (Å²) in [6, 6.07) is 1.90. The van der Waals surface area contributed by atoms with E-state index in [1.54, 1.807) is 19.5 Å². The Bertz CT molecular complexity index is 753. The molecular weight excluding hydrogens is 300 g/mol. The Morgan fingerprint density at radius 1 is 1.36 bits per heavy atom. The first-order valence-corrected chi connectivity index (χ1v) is 7.74. The van der Waals surface area contributed by atoms with Gasteiger partial charge in [-0.15, -0.1) is 11.3 Å². The van der Waals surface area contributed by atoms with Crippen molar-refractivity contribution >= 4 is 22.4 Å². The van der Waals surface area contributed by atoms with Crippen LogP contribution >= 0.6 is 11.3 Å². The molecule has 0 saturated carbocycles. The summed E-state index contributed by atoms with van der Waals surface area (Å²) in [6.07, 6.45) is 4.37. The Kier molecular flexibility index (Phi) is 4.40. The van der Waals surface area contributed by atoms with Gasteiger partial charge in [-0.1, -0.05) is 6.92 Å². The molecule has 0 aliphatic rings. The number of rotatable bonds is 6. The molecule has 22 heavy (non-hydrogen) atoms. The van der Waals surface area contributed by atoms with Crippen LogP contribution in [0.1, 0.15) is 18.3 Å². The van der Waals surface area contributed by atoms with Gasteiger partial charge < -0.3 is 10.1 Å². The molecule has 8 heteroatoms. The highest BCUT2D eigenvalue weighted by atomic mass is 32.1. The number of hydrogen-bond donors (Lipinski definition) is 2. The van der Waals surface area contributed by atoms with Gasteiger partial charge in [0.25, 0.3) is 0 Å². The average molecular weight is 316 g/mol. The quantitative estimate of drug-likeness (QED) is 0.727. The van der Waals surface area contributed by atoms with Crippen LogP contribution in [-0.4, -0.2) is 32.3 Å². The number of thiazole rings is 1. The van der Waals surface area contributed by atoms with Gasteiger partial charge in [0.1, 0.15) is 0 Å². The van der Waals surface area contributed by atoms with Crippen molar-refractivity contribution in [1.82, 2.24) is 25.1 Å². The number of aryl methyl sites for hydroxylation is 1. The third-order valence-electron chi connectivity index (χ3n) is 3.08. The second-order valence-electron chi connectivity index (χ2n) is 4.58. The van der Waals surface area contributed by atoms with Crippen LogP contribution in [0.5, 0.6) is 0 Å². The molecule has 0 spiro atoms. The standard InChI is InChI=1S/C14H16N6OS/c1-3-9-4-5-15-13(17-9)19-14-18-12(8-22-14)10-6-16-20-11(10)7-21-2/h4-6,8H,3,7H2,1-2H3,(H,16,20)(H,15,17,18,19). The number of H-pyrrole nitrogens is 1. The third-order valence-corrected chi connectivity index (χ3v) is 3.84. The van der Waals surface area contributed by atoms with Crippen LogP contribution in [0.4, 0.5) is 11.1 Å². The molecule has 114 valence electrons. The van der Waals surface area contributed by atoms with Crippen molar-refractivity contribution in [2.24, 2.45) is 0 Å². The van der Waals surface area contributed by atoms with Crippen LogP contribution in [0.25, 0.3) is 11.3 Å². The minimum Gasteiger partial charge on any atom is -0.378 e. The first kappa shape index (κ1) is 14.6. The monoisotopic (exact) mass is 316 g/mol. The molecule has 7 nitrogen and oxygen atoms in total. The van der Waals surface area contributed by atoms with E-state index >= 15 is 0 Å². The Balaban J connectivity index is 1.80. The van der Waals surface area contributed by atoms with Crippen molar-refractivity contribution in [1.29, 1.82) is 0 Å². The summed E-state index contributed by atoms with van der Waals surface area (Å²) in [6.45, 7) is 2.53. The molecule has 3 rings (SSSR count). The molecule has 2 N–H and O–H groups in total. The zero-order valence-electron chi connectivity index (χ0n) is 12.3. The summed E-state index contributed by atoms with van der Waals surface area (Å²) < 4.78 is 5.15. The highest BCUT2D eigenvalue weighted by Gasteiger charge is 2.12. The Labute approximate surface area is 131 Å². The summed E-state index contributed by atoms with van der Waals surface area (Å²) in [4.78, 5) is 13.2. The van der Waals surface area contributed by atoms with Gasteiger partial charge in [-0.05, 0) is 12.5 Å². The number of anilines is 2. The van der Waals surface area contributed by atoms with Gasteiger partial charge in [-0.25, -0.2) is 15.0 Å². The molecule has 0 bridgehead atoms. The molecule has 0 atom stereocenters. The first-order valence-electron chi connectivity index (χ1n) is 6.86. The minimum absolute atomic E-state index is 0.470. The minimum atomic E-state index is 0.470. The fourth-order valence-corrected chi connectivity index (χ4v) is 2.70. The zero-order chi connectivity index (χ0) is 15.4. The van der Waals surface area contributed by atoms with Gasteiger partial charge in [-0.3, -0.25) is 5.10 Å². The maximum absolute atomic E-state index is 5.15. The fraction of sp³-hybridized carbons (Fsp3) is 0.286. The number of aromatic nitrogens is 5. The molecule has 0 fully saturated rings. The summed E-state index contributed by atoms with van der Waals surface area (Å²) in [5, 5.41) is 12.8. The summed E-state index contributed by atoms with van der Waals surface area (Å²) in [5.41, 5.74) is 3.68. The predicted molar refractivity (Wildman–Crippen MR) is 85.1 cm³/mol. The SMILES string of the molecule is CCc1ccnc(Nc2nc(-c3cn[nH]c3COC)cs2)n1. The number of aromatic amines is 1. The fourth-order valence-electron chi connectivity index (χ4n) is 1.99. The predicted octanol–water partition coefficient (Wildman–Crippen LogP) is 2.78. The number of ether oxygens (including phenoxy) is 1. The largest absolute Gasteiger partial charge is 0.378 e. The Hall–Kier alpha value is -2.32. The molecular formula is C14H16N6OS.